The second-order valence-electron chi connectivity index (χ2n) is 3.69. The zero-order valence-corrected chi connectivity index (χ0v) is 9.78. The third kappa shape index (κ3) is 1.74. The summed E-state index contributed by atoms with van der Waals surface area (Å²) in [5.41, 5.74) is 1.23. The number of ketones is 1. The molecule has 3 rings (SSSR count). The van der Waals surface area contributed by atoms with Gasteiger partial charge in [-0.1, -0.05) is 18.2 Å². The Bertz CT molecular complexity index is 673. The lowest BCUT2D eigenvalue weighted by Crippen LogP contribution is -2.03. The number of pyridine rings is 1. The number of hydrogen-bond donors (Lipinski definition) is 0. The molecule has 2 nitrogen and oxygen atoms in total. The highest BCUT2D eigenvalue weighted by Crippen LogP contribution is 2.26. The van der Waals surface area contributed by atoms with Crippen molar-refractivity contribution in [3.63, 3.8) is 0 Å². The fraction of sp³-hybridized carbons (Fsp3) is 0. The minimum Gasteiger partial charge on any atom is -0.287 e. The normalized spacial score (nSPS) is 10.6. The number of carbonyl (C=O) groups excluding carboxylic acids is 1. The van der Waals surface area contributed by atoms with Crippen molar-refractivity contribution in [2.45, 2.75) is 0 Å². The van der Waals surface area contributed by atoms with Gasteiger partial charge in [-0.15, -0.1) is 11.3 Å². The first-order valence-electron chi connectivity index (χ1n) is 5.28. The van der Waals surface area contributed by atoms with Gasteiger partial charge >= 0.3 is 0 Å². The molecular weight excluding hydrogens is 230 g/mol. The molecule has 0 saturated carbocycles. The Hall–Kier alpha value is -2.00. The molecule has 1 aromatic carbocycles. The van der Waals surface area contributed by atoms with Gasteiger partial charge in [0.15, 0.2) is 0 Å². The van der Waals surface area contributed by atoms with Crippen molar-refractivity contribution in [1.29, 1.82) is 0 Å². The van der Waals surface area contributed by atoms with Crippen LogP contribution in [0.15, 0.2) is 54.0 Å². The number of hydrogen-bond acceptors (Lipinski definition) is 3. The maximum atomic E-state index is 12.3. The first-order chi connectivity index (χ1) is 8.36. The van der Waals surface area contributed by atoms with Crippen molar-refractivity contribution in [3.8, 4) is 0 Å². The predicted octanol–water partition coefficient (Wildman–Crippen LogP) is 3.53. The number of carbonyl (C=O) groups is 1. The Morgan fingerprint density at radius 3 is 2.82 bits per heavy atom. The van der Waals surface area contributed by atoms with E-state index in [0.717, 1.165) is 15.6 Å². The molecule has 2 heterocycles. The maximum Gasteiger partial charge on any atom is 0.212 e. The Kier molecular flexibility index (Phi) is 2.46. The fourth-order valence-electron chi connectivity index (χ4n) is 1.81. The summed E-state index contributed by atoms with van der Waals surface area (Å²) < 4.78 is 1.03. The first-order valence-corrected chi connectivity index (χ1v) is 6.16. The fourth-order valence-corrected chi connectivity index (χ4v) is 2.72. The van der Waals surface area contributed by atoms with E-state index >= 15 is 0 Å². The van der Waals surface area contributed by atoms with Gasteiger partial charge in [0.1, 0.15) is 5.69 Å². The van der Waals surface area contributed by atoms with Gasteiger partial charge in [0.05, 0.1) is 0 Å². The topological polar surface area (TPSA) is 30.0 Å². The smallest absolute Gasteiger partial charge is 0.212 e. The van der Waals surface area contributed by atoms with Gasteiger partial charge in [-0.3, -0.25) is 9.78 Å². The Morgan fingerprint density at radius 1 is 1.06 bits per heavy atom. The Labute approximate surface area is 103 Å². The van der Waals surface area contributed by atoms with Crippen molar-refractivity contribution in [2.75, 3.05) is 0 Å². The van der Waals surface area contributed by atoms with Crippen molar-refractivity contribution >= 4 is 27.2 Å². The average molecular weight is 239 g/mol. The monoisotopic (exact) mass is 239 g/mol. The predicted molar refractivity (Wildman–Crippen MR) is 69.5 cm³/mol. The molecule has 0 unspecified atom stereocenters. The van der Waals surface area contributed by atoms with Crippen molar-refractivity contribution < 1.29 is 4.79 Å². The van der Waals surface area contributed by atoms with E-state index in [1.807, 2.05) is 41.8 Å². The zero-order chi connectivity index (χ0) is 11.7. The van der Waals surface area contributed by atoms with E-state index in [0.29, 0.717) is 5.69 Å². The zero-order valence-electron chi connectivity index (χ0n) is 8.96. The number of aromatic nitrogens is 1. The standard InChI is InChI=1S/C14H9NOS/c16-13(12-6-1-2-8-15-12)11-5-3-4-10-7-9-17-14(10)11/h1-9H. The first kappa shape index (κ1) is 10.2. The molecular formula is C14H9NOS. The molecule has 0 amide bonds. The summed E-state index contributed by atoms with van der Waals surface area (Å²) in [4.78, 5) is 16.4. The molecule has 82 valence electrons. The summed E-state index contributed by atoms with van der Waals surface area (Å²) >= 11 is 1.59. The van der Waals surface area contributed by atoms with Crippen LogP contribution in [0.4, 0.5) is 0 Å². The number of nitrogens with zero attached hydrogens (tertiary/aromatic N) is 1. The van der Waals surface area contributed by atoms with E-state index < -0.39 is 0 Å². The second-order valence-corrected chi connectivity index (χ2v) is 4.60. The molecule has 0 atom stereocenters. The summed E-state index contributed by atoms with van der Waals surface area (Å²) in [6.07, 6.45) is 1.64. The van der Waals surface area contributed by atoms with Crippen LogP contribution in [0.1, 0.15) is 16.1 Å². The lowest BCUT2D eigenvalue weighted by molar-refractivity contribution is 0.103. The minimum absolute atomic E-state index is 0.0151. The van der Waals surface area contributed by atoms with Crippen LogP contribution in [0.25, 0.3) is 10.1 Å². The van der Waals surface area contributed by atoms with Crippen LogP contribution in [0, 0.1) is 0 Å². The van der Waals surface area contributed by atoms with Gasteiger partial charge in [-0.2, -0.15) is 0 Å². The average Bonchev–Trinajstić information content (AvgIpc) is 2.87. The molecule has 0 aliphatic rings. The summed E-state index contributed by atoms with van der Waals surface area (Å²) in [5, 5.41) is 3.11. The van der Waals surface area contributed by atoms with Crippen LogP contribution in [-0.2, 0) is 0 Å². The minimum atomic E-state index is -0.0151. The molecule has 2 aromatic heterocycles. The number of fused-ring (bicyclic) bond motifs is 1. The molecule has 0 aliphatic carbocycles. The van der Waals surface area contributed by atoms with Crippen molar-refractivity contribution in [2.24, 2.45) is 0 Å². The van der Waals surface area contributed by atoms with Gasteiger partial charge in [0.2, 0.25) is 5.78 Å². The summed E-state index contributed by atoms with van der Waals surface area (Å²) in [6.45, 7) is 0. The van der Waals surface area contributed by atoms with E-state index in [1.54, 1.807) is 23.6 Å². The quantitative estimate of drug-likeness (QED) is 0.640. The van der Waals surface area contributed by atoms with Crippen LogP contribution in [-0.4, -0.2) is 10.8 Å². The second kappa shape index (κ2) is 4.11. The lowest BCUT2D eigenvalue weighted by Gasteiger charge is -2.01. The van der Waals surface area contributed by atoms with Crippen LogP contribution >= 0.6 is 11.3 Å². The molecule has 0 aliphatic heterocycles. The SMILES string of the molecule is O=C(c1ccccn1)c1cccc2ccsc12. The Balaban J connectivity index is 2.16. The van der Waals surface area contributed by atoms with Crippen molar-refractivity contribution in [1.82, 2.24) is 4.98 Å². The van der Waals surface area contributed by atoms with E-state index in [4.69, 9.17) is 0 Å². The largest absolute Gasteiger partial charge is 0.287 e. The highest BCUT2D eigenvalue weighted by atomic mass is 32.1. The highest BCUT2D eigenvalue weighted by Gasteiger charge is 2.13. The molecule has 0 N–H and O–H groups in total. The highest BCUT2D eigenvalue weighted by molar-refractivity contribution is 7.17. The van der Waals surface area contributed by atoms with Gasteiger partial charge in [0, 0.05) is 16.5 Å². The number of rotatable bonds is 2. The molecule has 0 spiro atoms. The van der Waals surface area contributed by atoms with Gasteiger partial charge in [0.25, 0.3) is 0 Å². The number of thiophene rings is 1. The molecule has 0 saturated heterocycles. The summed E-state index contributed by atoms with van der Waals surface area (Å²) in [7, 11) is 0. The maximum absolute atomic E-state index is 12.3. The molecule has 3 aromatic rings. The van der Waals surface area contributed by atoms with Crippen molar-refractivity contribution in [3.05, 3.63) is 65.3 Å². The summed E-state index contributed by atoms with van der Waals surface area (Å²) in [5.74, 6) is -0.0151. The third-order valence-corrected chi connectivity index (χ3v) is 3.58. The van der Waals surface area contributed by atoms with Crippen LogP contribution in [0.2, 0.25) is 0 Å². The van der Waals surface area contributed by atoms with Gasteiger partial charge in [-0.05, 0) is 35.0 Å². The van der Waals surface area contributed by atoms with Gasteiger partial charge < -0.3 is 0 Å². The molecule has 3 heteroatoms. The Morgan fingerprint density at radius 2 is 2.00 bits per heavy atom. The van der Waals surface area contributed by atoms with E-state index in [9.17, 15) is 4.79 Å². The van der Waals surface area contributed by atoms with E-state index in [-0.39, 0.29) is 5.78 Å². The van der Waals surface area contributed by atoms with Crippen LogP contribution in [0.5, 0.6) is 0 Å². The number of benzene rings is 1. The van der Waals surface area contributed by atoms with E-state index in [1.165, 1.54) is 0 Å². The molecule has 0 radical (unpaired) electrons. The van der Waals surface area contributed by atoms with Crippen LogP contribution in [0.3, 0.4) is 0 Å². The lowest BCUT2D eigenvalue weighted by atomic mass is 10.1. The van der Waals surface area contributed by atoms with E-state index in [2.05, 4.69) is 4.98 Å². The molecule has 0 bridgehead atoms. The molecule has 17 heavy (non-hydrogen) atoms. The van der Waals surface area contributed by atoms with Crippen LogP contribution < -0.4 is 0 Å². The third-order valence-electron chi connectivity index (χ3n) is 2.62. The molecule has 0 fully saturated rings. The van der Waals surface area contributed by atoms with Gasteiger partial charge in [-0.25, -0.2) is 0 Å². The summed E-state index contributed by atoms with van der Waals surface area (Å²) in [6, 6.07) is 13.2.